The second-order valence-corrected chi connectivity index (χ2v) is 4.95. The highest BCUT2D eigenvalue weighted by molar-refractivity contribution is 5.78. The molecule has 3 nitrogen and oxygen atoms in total. The quantitative estimate of drug-likeness (QED) is 0.838. The van der Waals surface area contributed by atoms with Gasteiger partial charge in [0.1, 0.15) is 0 Å². The summed E-state index contributed by atoms with van der Waals surface area (Å²) in [4.78, 5) is 12.0. The molecule has 0 aliphatic carbocycles. The van der Waals surface area contributed by atoms with Gasteiger partial charge in [-0.2, -0.15) is 0 Å². The highest BCUT2D eigenvalue weighted by Crippen LogP contribution is 2.33. The predicted octanol–water partition coefficient (Wildman–Crippen LogP) is 2.89. The van der Waals surface area contributed by atoms with Crippen LogP contribution < -0.4 is 10.6 Å². The molecular weight excluding hydrogens is 224 g/mol. The molecule has 18 heavy (non-hydrogen) atoms. The molecule has 3 heteroatoms. The smallest absolute Gasteiger partial charge is 0.220 e. The maximum Gasteiger partial charge on any atom is 0.220 e. The maximum absolute atomic E-state index is 12.0. The molecule has 2 N–H and O–H groups in total. The number of nitrogens with one attached hydrogen (secondary N) is 2. The van der Waals surface area contributed by atoms with Crippen LogP contribution in [0, 0.1) is 0 Å². The van der Waals surface area contributed by atoms with Gasteiger partial charge in [-0.1, -0.05) is 32.0 Å². The molecule has 1 heterocycles. The Morgan fingerprint density at radius 3 is 2.83 bits per heavy atom. The van der Waals surface area contributed by atoms with E-state index in [-0.39, 0.29) is 5.91 Å². The number of anilines is 1. The molecule has 0 spiro atoms. The van der Waals surface area contributed by atoms with Crippen molar-refractivity contribution in [3.63, 3.8) is 0 Å². The van der Waals surface area contributed by atoms with E-state index in [9.17, 15) is 4.79 Å². The summed E-state index contributed by atoms with van der Waals surface area (Å²) in [5, 5.41) is 6.46. The molecule has 0 saturated heterocycles. The molecule has 1 aromatic rings. The van der Waals surface area contributed by atoms with Gasteiger partial charge in [-0.3, -0.25) is 4.79 Å². The van der Waals surface area contributed by atoms with E-state index in [1.165, 1.54) is 11.3 Å². The van der Waals surface area contributed by atoms with Crippen LogP contribution in [0.15, 0.2) is 24.3 Å². The van der Waals surface area contributed by atoms with Crippen LogP contribution in [0.3, 0.4) is 0 Å². The Morgan fingerprint density at radius 2 is 2.11 bits per heavy atom. The van der Waals surface area contributed by atoms with Gasteiger partial charge >= 0.3 is 0 Å². The number of carbonyl (C=O) groups excluding carboxylic acids is 1. The molecule has 0 bridgehead atoms. The lowest BCUT2D eigenvalue weighted by atomic mass is 9.97. The third kappa shape index (κ3) is 2.84. The molecule has 1 atom stereocenters. The standard InChI is InChI=1S/C15H22N2O/c1-3-12(4-2)17-15(18)9-11-10-16-14-8-6-5-7-13(11)14/h5-8,11-12,16H,3-4,9-10H2,1-2H3,(H,17,18). The summed E-state index contributed by atoms with van der Waals surface area (Å²) in [5.41, 5.74) is 2.45. The minimum absolute atomic E-state index is 0.173. The molecule has 0 radical (unpaired) electrons. The van der Waals surface area contributed by atoms with E-state index in [1.54, 1.807) is 0 Å². The van der Waals surface area contributed by atoms with Crippen molar-refractivity contribution in [1.29, 1.82) is 0 Å². The predicted molar refractivity (Wildman–Crippen MR) is 74.8 cm³/mol. The van der Waals surface area contributed by atoms with Gasteiger partial charge in [-0.15, -0.1) is 0 Å². The summed E-state index contributed by atoms with van der Waals surface area (Å²) in [6.07, 6.45) is 2.59. The summed E-state index contributed by atoms with van der Waals surface area (Å²) >= 11 is 0. The van der Waals surface area contributed by atoms with Gasteiger partial charge in [0.2, 0.25) is 5.91 Å². The number of benzene rings is 1. The van der Waals surface area contributed by atoms with Crippen LogP contribution in [-0.2, 0) is 4.79 Å². The Morgan fingerprint density at radius 1 is 1.39 bits per heavy atom. The SMILES string of the molecule is CCC(CC)NC(=O)CC1CNc2ccccc21. The van der Waals surface area contributed by atoms with Crippen molar-refractivity contribution in [2.75, 3.05) is 11.9 Å². The van der Waals surface area contributed by atoms with Gasteiger partial charge < -0.3 is 10.6 Å². The molecule has 0 saturated carbocycles. The van der Waals surface area contributed by atoms with Crippen LogP contribution >= 0.6 is 0 Å². The number of hydrogen-bond acceptors (Lipinski definition) is 2. The van der Waals surface area contributed by atoms with Gasteiger partial charge in [0.25, 0.3) is 0 Å². The molecule has 1 aliphatic heterocycles. The van der Waals surface area contributed by atoms with Crippen molar-refractivity contribution >= 4 is 11.6 Å². The van der Waals surface area contributed by atoms with Crippen molar-refractivity contribution < 1.29 is 4.79 Å². The van der Waals surface area contributed by atoms with Crippen molar-refractivity contribution in [3.05, 3.63) is 29.8 Å². The first-order chi connectivity index (χ1) is 8.74. The monoisotopic (exact) mass is 246 g/mol. The van der Waals surface area contributed by atoms with Crippen molar-refractivity contribution in [3.8, 4) is 0 Å². The topological polar surface area (TPSA) is 41.1 Å². The zero-order valence-electron chi connectivity index (χ0n) is 11.2. The van der Waals surface area contributed by atoms with Crippen molar-refractivity contribution in [2.24, 2.45) is 0 Å². The van der Waals surface area contributed by atoms with Crippen LogP contribution in [0.4, 0.5) is 5.69 Å². The van der Waals surface area contributed by atoms with Gasteiger partial charge in [-0.25, -0.2) is 0 Å². The Labute approximate surface area is 109 Å². The average Bonchev–Trinajstić information content (AvgIpc) is 2.79. The lowest BCUT2D eigenvalue weighted by Gasteiger charge is -2.16. The van der Waals surface area contributed by atoms with E-state index in [0.29, 0.717) is 18.4 Å². The van der Waals surface area contributed by atoms with E-state index in [0.717, 1.165) is 19.4 Å². The highest BCUT2D eigenvalue weighted by atomic mass is 16.1. The lowest BCUT2D eigenvalue weighted by molar-refractivity contribution is -0.122. The number of fused-ring (bicyclic) bond motifs is 1. The molecule has 0 aromatic heterocycles. The first kappa shape index (κ1) is 12.9. The minimum atomic E-state index is 0.173. The fourth-order valence-electron chi connectivity index (χ4n) is 2.54. The third-order valence-electron chi connectivity index (χ3n) is 3.72. The second kappa shape index (κ2) is 5.89. The van der Waals surface area contributed by atoms with E-state index in [4.69, 9.17) is 0 Å². The zero-order chi connectivity index (χ0) is 13.0. The summed E-state index contributed by atoms with van der Waals surface area (Å²) in [7, 11) is 0. The van der Waals surface area contributed by atoms with Gasteiger partial charge in [-0.05, 0) is 24.5 Å². The summed E-state index contributed by atoms with van der Waals surface area (Å²) in [6, 6.07) is 8.58. The molecule has 1 aliphatic rings. The molecule has 1 amide bonds. The average molecular weight is 246 g/mol. The molecule has 1 unspecified atom stereocenters. The minimum Gasteiger partial charge on any atom is -0.384 e. The van der Waals surface area contributed by atoms with Crippen molar-refractivity contribution in [2.45, 2.75) is 45.1 Å². The zero-order valence-corrected chi connectivity index (χ0v) is 11.2. The Bertz CT molecular complexity index is 413. The Hall–Kier alpha value is -1.51. The van der Waals surface area contributed by atoms with Crippen LogP contribution in [0.25, 0.3) is 0 Å². The Kier molecular flexibility index (Phi) is 4.24. The van der Waals surface area contributed by atoms with E-state index in [1.807, 2.05) is 12.1 Å². The van der Waals surface area contributed by atoms with E-state index < -0.39 is 0 Å². The van der Waals surface area contributed by atoms with Crippen molar-refractivity contribution in [1.82, 2.24) is 5.32 Å². The number of carbonyl (C=O) groups is 1. The first-order valence-electron chi connectivity index (χ1n) is 6.86. The van der Waals surface area contributed by atoms with Gasteiger partial charge in [0.05, 0.1) is 0 Å². The third-order valence-corrected chi connectivity index (χ3v) is 3.72. The molecule has 0 fully saturated rings. The first-order valence-corrected chi connectivity index (χ1v) is 6.86. The molecule has 2 rings (SSSR count). The van der Waals surface area contributed by atoms with E-state index in [2.05, 4.69) is 36.6 Å². The van der Waals surface area contributed by atoms with E-state index >= 15 is 0 Å². The lowest BCUT2D eigenvalue weighted by Crippen LogP contribution is -2.34. The normalized spacial score (nSPS) is 17.4. The van der Waals surface area contributed by atoms with Crippen LogP contribution in [0.1, 0.15) is 44.6 Å². The fraction of sp³-hybridized carbons (Fsp3) is 0.533. The number of hydrogen-bond donors (Lipinski definition) is 2. The number of para-hydroxylation sites is 1. The molecule has 1 aromatic carbocycles. The van der Waals surface area contributed by atoms with Crippen LogP contribution in [0.5, 0.6) is 0 Å². The fourth-order valence-corrected chi connectivity index (χ4v) is 2.54. The molecule has 98 valence electrons. The molecular formula is C15H22N2O. The van der Waals surface area contributed by atoms with Gasteiger partial charge in [0.15, 0.2) is 0 Å². The second-order valence-electron chi connectivity index (χ2n) is 4.95. The largest absolute Gasteiger partial charge is 0.384 e. The number of amides is 1. The van der Waals surface area contributed by atoms with Crippen LogP contribution in [-0.4, -0.2) is 18.5 Å². The number of rotatable bonds is 5. The maximum atomic E-state index is 12.0. The van der Waals surface area contributed by atoms with Crippen LogP contribution in [0.2, 0.25) is 0 Å². The highest BCUT2D eigenvalue weighted by Gasteiger charge is 2.24. The van der Waals surface area contributed by atoms with Gasteiger partial charge in [0, 0.05) is 30.6 Å². The summed E-state index contributed by atoms with van der Waals surface area (Å²) in [5.74, 6) is 0.489. The Balaban J connectivity index is 1.93. The summed E-state index contributed by atoms with van der Waals surface area (Å²) < 4.78 is 0. The summed E-state index contributed by atoms with van der Waals surface area (Å²) in [6.45, 7) is 5.09.